The molecule has 3 heterocycles. The molecule has 4 rings (SSSR count). The first kappa shape index (κ1) is 24.9. The summed E-state index contributed by atoms with van der Waals surface area (Å²) >= 11 is 0. The Morgan fingerprint density at radius 1 is 1.14 bits per heavy atom. The highest BCUT2D eigenvalue weighted by molar-refractivity contribution is 5.98. The number of carbonyl (C=O) groups is 1. The van der Waals surface area contributed by atoms with E-state index in [-0.39, 0.29) is 35.2 Å². The van der Waals surface area contributed by atoms with Gasteiger partial charge >= 0.3 is 6.18 Å². The number of fused-ring (bicyclic) bond motifs is 1. The van der Waals surface area contributed by atoms with Gasteiger partial charge < -0.3 is 24.9 Å². The van der Waals surface area contributed by atoms with Crippen molar-refractivity contribution in [3.8, 4) is 23.1 Å². The Morgan fingerprint density at radius 2 is 1.92 bits per heavy atom. The summed E-state index contributed by atoms with van der Waals surface area (Å²) in [5.74, 6) is 0.0623. The number of benzene rings is 1. The van der Waals surface area contributed by atoms with E-state index in [2.05, 4.69) is 20.3 Å². The number of halogens is 3. The fourth-order valence-electron chi connectivity index (χ4n) is 3.62. The molecule has 4 aromatic rings. The first-order valence-electron chi connectivity index (χ1n) is 10.7. The van der Waals surface area contributed by atoms with Crippen molar-refractivity contribution in [1.82, 2.24) is 20.3 Å². The molecule has 0 saturated carbocycles. The molecular weight excluding hydrogens is 479 g/mol. The third-order valence-corrected chi connectivity index (χ3v) is 5.33. The standard InChI is InChI=1S/C24H22F3N5O4/c1-12(28)20-19(21(33)30-11-13-5-4-10-29-22(13)35-3)32-23(36-20)15-6-8-16(34-2)18-14(15)7-9-17(31-18)24(25,26)27/h4-10,12H,11,28H2,1-3H3,(H,30,33)/t12-/m0/s1. The molecule has 3 aromatic heterocycles. The molecule has 1 aromatic carbocycles. The lowest BCUT2D eigenvalue weighted by Crippen LogP contribution is -2.25. The van der Waals surface area contributed by atoms with E-state index in [9.17, 15) is 18.0 Å². The molecule has 36 heavy (non-hydrogen) atoms. The zero-order valence-electron chi connectivity index (χ0n) is 19.5. The first-order chi connectivity index (χ1) is 17.1. The Hall–Kier alpha value is -4.19. The fourth-order valence-corrected chi connectivity index (χ4v) is 3.62. The summed E-state index contributed by atoms with van der Waals surface area (Å²) in [5, 5.41) is 3.03. The molecule has 0 bridgehead atoms. The molecule has 0 saturated heterocycles. The van der Waals surface area contributed by atoms with Crippen LogP contribution in [0.1, 0.15) is 40.5 Å². The molecule has 188 valence electrons. The summed E-state index contributed by atoms with van der Waals surface area (Å²) < 4.78 is 56.0. The second kappa shape index (κ2) is 9.82. The first-order valence-corrected chi connectivity index (χ1v) is 10.7. The molecule has 1 amide bonds. The monoisotopic (exact) mass is 501 g/mol. The van der Waals surface area contributed by atoms with E-state index in [0.717, 1.165) is 6.07 Å². The van der Waals surface area contributed by atoms with Crippen LogP contribution in [0.5, 0.6) is 11.6 Å². The van der Waals surface area contributed by atoms with Gasteiger partial charge in [0.1, 0.15) is 17.0 Å². The van der Waals surface area contributed by atoms with Crippen LogP contribution in [0.3, 0.4) is 0 Å². The number of hydrogen-bond acceptors (Lipinski definition) is 8. The van der Waals surface area contributed by atoms with E-state index in [0.29, 0.717) is 22.4 Å². The predicted octanol–water partition coefficient (Wildman–Crippen LogP) is 4.27. The lowest BCUT2D eigenvalue weighted by molar-refractivity contribution is -0.140. The van der Waals surface area contributed by atoms with Crippen LogP contribution in [0.25, 0.3) is 22.4 Å². The SMILES string of the molecule is COc1ncccc1CNC(=O)c1nc(-c2ccc(OC)c3nc(C(F)(F)F)ccc23)oc1[C@H](C)N. The number of nitrogens with zero attached hydrogens (tertiary/aromatic N) is 3. The van der Waals surface area contributed by atoms with Gasteiger partial charge in [-0.1, -0.05) is 6.07 Å². The highest BCUT2D eigenvalue weighted by atomic mass is 19.4. The maximum atomic E-state index is 13.2. The molecule has 0 spiro atoms. The van der Waals surface area contributed by atoms with Gasteiger partial charge in [0, 0.05) is 29.3 Å². The Morgan fingerprint density at radius 3 is 2.58 bits per heavy atom. The molecular formula is C24H22F3N5O4. The molecule has 0 aliphatic carbocycles. The zero-order valence-corrected chi connectivity index (χ0v) is 19.5. The number of alkyl halides is 3. The highest BCUT2D eigenvalue weighted by Crippen LogP contribution is 2.37. The average Bonchev–Trinajstić information content (AvgIpc) is 3.31. The van der Waals surface area contributed by atoms with Crippen molar-refractivity contribution in [3.63, 3.8) is 0 Å². The number of carbonyl (C=O) groups excluding carboxylic acids is 1. The van der Waals surface area contributed by atoms with Gasteiger partial charge in [0.25, 0.3) is 5.91 Å². The number of rotatable bonds is 7. The quantitative estimate of drug-likeness (QED) is 0.385. The van der Waals surface area contributed by atoms with Crippen LogP contribution >= 0.6 is 0 Å². The number of ether oxygens (including phenoxy) is 2. The van der Waals surface area contributed by atoms with Crippen molar-refractivity contribution in [2.45, 2.75) is 25.7 Å². The van der Waals surface area contributed by atoms with Crippen molar-refractivity contribution in [3.05, 3.63) is 65.3 Å². The van der Waals surface area contributed by atoms with Crippen LogP contribution in [0.2, 0.25) is 0 Å². The van der Waals surface area contributed by atoms with E-state index in [1.807, 2.05) is 0 Å². The van der Waals surface area contributed by atoms with Gasteiger partial charge in [-0.3, -0.25) is 4.79 Å². The molecule has 0 aliphatic rings. The van der Waals surface area contributed by atoms with Gasteiger partial charge in [0.05, 0.1) is 20.3 Å². The van der Waals surface area contributed by atoms with E-state index in [1.54, 1.807) is 31.3 Å². The number of amides is 1. The van der Waals surface area contributed by atoms with E-state index in [4.69, 9.17) is 19.6 Å². The van der Waals surface area contributed by atoms with E-state index < -0.39 is 23.8 Å². The minimum atomic E-state index is -4.64. The molecule has 0 radical (unpaired) electrons. The van der Waals surface area contributed by atoms with Crippen molar-refractivity contribution in [2.24, 2.45) is 5.73 Å². The minimum Gasteiger partial charge on any atom is -0.494 e. The van der Waals surface area contributed by atoms with Crippen LogP contribution in [0.4, 0.5) is 13.2 Å². The lowest BCUT2D eigenvalue weighted by Gasteiger charge is -2.11. The summed E-state index contributed by atoms with van der Waals surface area (Å²) in [4.78, 5) is 25.2. The van der Waals surface area contributed by atoms with Gasteiger partial charge in [-0.05, 0) is 37.3 Å². The third kappa shape index (κ3) is 4.80. The predicted molar refractivity (Wildman–Crippen MR) is 123 cm³/mol. The molecule has 0 unspecified atom stereocenters. The van der Waals surface area contributed by atoms with Gasteiger partial charge in [0.2, 0.25) is 11.8 Å². The number of oxazole rings is 1. The number of aromatic nitrogens is 3. The maximum Gasteiger partial charge on any atom is 0.433 e. The molecule has 0 aliphatic heterocycles. The fraction of sp³-hybridized carbons (Fsp3) is 0.250. The largest absolute Gasteiger partial charge is 0.494 e. The normalized spacial score (nSPS) is 12.4. The van der Waals surface area contributed by atoms with Crippen molar-refractivity contribution in [1.29, 1.82) is 0 Å². The summed E-state index contributed by atoms with van der Waals surface area (Å²) in [5.41, 5.74) is 5.84. The van der Waals surface area contributed by atoms with Crippen molar-refractivity contribution >= 4 is 16.8 Å². The summed E-state index contributed by atoms with van der Waals surface area (Å²) in [6, 6.07) is 7.89. The van der Waals surface area contributed by atoms with Gasteiger partial charge in [-0.2, -0.15) is 13.2 Å². The summed E-state index contributed by atoms with van der Waals surface area (Å²) in [7, 11) is 2.80. The van der Waals surface area contributed by atoms with Gasteiger partial charge in [-0.25, -0.2) is 15.0 Å². The average molecular weight is 501 g/mol. The van der Waals surface area contributed by atoms with Gasteiger partial charge in [0.15, 0.2) is 11.5 Å². The third-order valence-electron chi connectivity index (χ3n) is 5.33. The number of nitrogens with two attached hydrogens (primary N) is 1. The van der Waals surface area contributed by atoms with E-state index >= 15 is 0 Å². The number of hydrogen-bond donors (Lipinski definition) is 2. The molecule has 3 N–H and O–H groups in total. The van der Waals surface area contributed by atoms with Crippen LogP contribution in [0, 0.1) is 0 Å². The Bertz CT molecular complexity index is 1420. The van der Waals surface area contributed by atoms with Crippen LogP contribution in [-0.2, 0) is 12.7 Å². The van der Waals surface area contributed by atoms with Crippen molar-refractivity contribution in [2.75, 3.05) is 14.2 Å². The zero-order chi connectivity index (χ0) is 26.0. The topological polar surface area (TPSA) is 125 Å². The summed E-state index contributed by atoms with van der Waals surface area (Å²) in [6.45, 7) is 1.72. The number of pyridine rings is 2. The highest BCUT2D eigenvalue weighted by Gasteiger charge is 2.33. The number of nitrogens with one attached hydrogen (secondary N) is 1. The van der Waals surface area contributed by atoms with Crippen LogP contribution in [0.15, 0.2) is 47.0 Å². The van der Waals surface area contributed by atoms with Gasteiger partial charge in [-0.15, -0.1) is 0 Å². The van der Waals surface area contributed by atoms with Crippen molar-refractivity contribution < 1.29 is 31.9 Å². The maximum absolute atomic E-state index is 13.2. The van der Waals surface area contributed by atoms with Crippen LogP contribution < -0.4 is 20.5 Å². The smallest absolute Gasteiger partial charge is 0.433 e. The minimum absolute atomic E-state index is 0.000574. The second-order valence-corrected chi connectivity index (χ2v) is 7.78. The Labute approximate surface area is 203 Å². The molecule has 0 fully saturated rings. The van der Waals surface area contributed by atoms with Crippen LogP contribution in [-0.4, -0.2) is 35.1 Å². The summed E-state index contributed by atoms with van der Waals surface area (Å²) in [6.07, 6.45) is -3.07. The molecule has 1 atom stereocenters. The number of methoxy groups -OCH3 is 2. The van der Waals surface area contributed by atoms with E-state index in [1.165, 1.54) is 26.4 Å². The second-order valence-electron chi connectivity index (χ2n) is 7.78. The lowest BCUT2D eigenvalue weighted by atomic mass is 10.1. The molecule has 12 heteroatoms. The molecule has 9 nitrogen and oxygen atoms in total. The Balaban J connectivity index is 1.74. The Kier molecular flexibility index (Phi) is 6.80.